The number of nitriles is 1. The summed E-state index contributed by atoms with van der Waals surface area (Å²) in [7, 11) is 5.09. The van der Waals surface area contributed by atoms with Crippen LogP contribution in [0.1, 0.15) is 17.7 Å². The van der Waals surface area contributed by atoms with Crippen molar-refractivity contribution in [3.63, 3.8) is 0 Å². The number of alkyl halides is 3. The van der Waals surface area contributed by atoms with E-state index in [0.29, 0.717) is 25.0 Å². The second-order valence-corrected chi connectivity index (χ2v) is 7.61. The van der Waals surface area contributed by atoms with E-state index in [9.17, 15) is 23.5 Å². The quantitative estimate of drug-likeness (QED) is 0.367. The van der Waals surface area contributed by atoms with E-state index in [1.54, 1.807) is 32.1 Å². The molecule has 2 aromatic heterocycles. The number of hydrogen-bond acceptors (Lipinski definition) is 8. The van der Waals surface area contributed by atoms with Crippen molar-refractivity contribution in [3.8, 4) is 23.1 Å². The number of nitrogens with one attached hydrogen (secondary N) is 1. The predicted molar refractivity (Wildman–Crippen MR) is 114 cm³/mol. The first-order valence-corrected chi connectivity index (χ1v) is 10.1. The summed E-state index contributed by atoms with van der Waals surface area (Å²) >= 11 is 0. The number of benzene rings is 1. The van der Waals surface area contributed by atoms with Crippen LogP contribution in [0, 0.1) is 11.3 Å². The Bertz CT molecular complexity index is 1160. The lowest BCUT2D eigenvalue weighted by molar-refractivity contribution is -0.138. The lowest BCUT2D eigenvalue weighted by Crippen LogP contribution is -2.38. The molecule has 0 fully saturated rings. The number of halogens is 3. The molecule has 0 saturated carbocycles. The maximum atomic E-state index is 13.7. The first-order chi connectivity index (χ1) is 15.6. The molecule has 3 rings (SSSR count). The van der Waals surface area contributed by atoms with Crippen molar-refractivity contribution in [2.75, 3.05) is 33.8 Å². The van der Waals surface area contributed by atoms with Gasteiger partial charge in [0.05, 0.1) is 23.4 Å². The van der Waals surface area contributed by atoms with Gasteiger partial charge in [0.15, 0.2) is 5.69 Å². The number of aromatic nitrogens is 4. The Balaban J connectivity index is 1.77. The molecular weight excluding hydrogens is 439 g/mol. The predicted octanol–water partition coefficient (Wildman–Crippen LogP) is 2.16. The van der Waals surface area contributed by atoms with E-state index in [0.717, 1.165) is 6.07 Å². The van der Waals surface area contributed by atoms with Gasteiger partial charge in [-0.15, -0.1) is 5.10 Å². The van der Waals surface area contributed by atoms with Crippen LogP contribution in [0.4, 0.5) is 13.2 Å². The standard InChI is InChI=1S/C21H24F3N7O2/c1-30(2)19(32)12-26-7-4-8-33-18-6-5-13(9-14(18)21(22,23)24)15-10-17-20(16(11-25)27-15)28-29-31(17)3/h5-6,9-10,19,26,32H,4,7-8,12H2,1-3H3. The van der Waals surface area contributed by atoms with Crippen LogP contribution in [0.3, 0.4) is 0 Å². The first-order valence-electron chi connectivity index (χ1n) is 10.1. The third kappa shape index (κ3) is 5.75. The summed E-state index contributed by atoms with van der Waals surface area (Å²) in [4.78, 5) is 5.80. The summed E-state index contributed by atoms with van der Waals surface area (Å²) in [5.74, 6) is -0.289. The Kier molecular flexibility index (Phi) is 7.47. The minimum absolute atomic E-state index is 0.0172. The molecule has 0 spiro atoms. The topological polar surface area (TPSA) is 112 Å². The third-order valence-electron chi connectivity index (χ3n) is 4.97. The number of aliphatic hydroxyl groups is 1. The number of ether oxygens (including phenoxy) is 1. The van der Waals surface area contributed by atoms with Crippen LogP contribution in [0.2, 0.25) is 0 Å². The highest BCUT2D eigenvalue weighted by molar-refractivity contribution is 5.83. The van der Waals surface area contributed by atoms with Gasteiger partial charge in [-0.05, 0) is 51.3 Å². The van der Waals surface area contributed by atoms with E-state index < -0.39 is 18.0 Å². The molecule has 1 aromatic carbocycles. The molecule has 0 aliphatic rings. The van der Waals surface area contributed by atoms with Crippen LogP contribution in [-0.4, -0.2) is 70.0 Å². The van der Waals surface area contributed by atoms with E-state index in [1.165, 1.54) is 16.8 Å². The molecule has 12 heteroatoms. The Morgan fingerprint density at radius 2 is 2.06 bits per heavy atom. The first kappa shape index (κ1) is 24.4. The monoisotopic (exact) mass is 463 g/mol. The number of likely N-dealkylation sites (N-methyl/N-ethyl adjacent to an activating group) is 1. The van der Waals surface area contributed by atoms with Gasteiger partial charge in [-0.1, -0.05) is 5.21 Å². The van der Waals surface area contributed by atoms with Crippen LogP contribution in [0.25, 0.3) is 22.3 Å². The molecule has 9 nitrogen and oxygen atoms in total. The van der Waals surface area contributed by atoms with Crippen LogP contribution in [0.5, 0.6) is 5.75 Å². The molecule has 1 atom stereocenters. The average molecular weight is 463 g/mol. The fourth-order valence-corrected chi connectivity index (χ4v) is 3.09. The second-order valence-electron chi connectivity index (χ2n) is 7.61. The fraction of sp³-hybridized carbons (Fsp3) is 0.429. The SMILES string of the molecule is CN(C)C(O)CNCCCOc1ccc(-c2cc3c(nnn3C)c(C#N)n2)cc1C(F)(F)F. The van der Waals surface area contributed by atoms with Crippen molar-refractivity contribution in [1.82, 2.24) is 30.2 Å². The molecule has 2 heterocycles. The molecule has 0 radical (unpaired) electrons. The minimum atomic E-state index is -4.64. The lowest BCUT2D eigenvalue weighted by atomic mass is 10.1. The number of aliphatic hydroxyl groups excluding tert-OH is 1. The zero-order chi connectivity index (χ0) is 24.2. The maximum absolute atomic E-state index is 13.7. The lowest BCUT2D eigenvalue weighted by Gasteiger charge is -2.19. The smallest absolute Gasteiger partial charge is 0.419 e. The molecule has 2 N–H and O–H groups in total. The van der Waals surface area contributed by atoms with E-state index in [1.807, 2.05) is 6.07 Å². The van der Waals surface area contributed by atoms with E-state index >= 15 is 0 Å². The summed E-state index contributed by atoms with van der Waals surface area (Å²) in [6.07, 6.45) is -4.83. The molecule has 0 aliphatic carbocycles. The maximum Gasteiger partial charge on any atom is 0.419 e. The van der Waals surface area contributed by atoms with Crippen molar-refractivity contribution in [2.24, 2.45) is 7.05 Å². The van der Waals surface area contributed by atoms with Crippen LogP contribution in [-0.2, 0) is 13.2 Å². The number of rotatable bonds is 9. The zero-order valence-corrected chi connectivity index (χ0v) is 18.4. The van der Waals surface area contributed by atoms with Crippen molar-refractivity contribution < 1.29 is 23.0 Å². The summed E-state index contributed by atoms with van der Waals surface area (Å²) in [5.41, 5.74) is 0.207. The van der Waals surface area contributed by atoms with Gasteiger partial charge in [-0.2, -0.15) is 18.4 Å². The molecule has 3 aromatic rings. The van der Waals surface area contributed by atoms with E-state index in [4.69, 9.17) is 4.74 Å². The second kappa shape index (κ2) is 10.1. The normalized spacial score (nSPS) is 12.8. The van der Waals surface area contributed by atoms with Crippen LogP contribution in [0.15, 0.2) is 24.3 Å². The van der Waals surface area contributed by atoms with Crippen LogP contribution >= 0.6 is 0 Å². The van der Waals surface area contributed by atoms with Crippen LogP contribution < -0.4 is 10.1 Å². The number of nitrogens with zero attached hydrogens (tertiary/aromatic N) is 6. The Morgan fingerprint density at radius 3 is 2.73 bits per heavy atom. The molecule has 0 bridgehead atoms. The molecule has 1 unspecified atom stereocenters. The van der Waals surface area contributed by atoms with Gasteiger partial charge < -0.3 is 15.2 Å². The molecule has 0 aliphatic heterocycles. The Morgan fingerprint density at radius 1 is 1.30 bits per heavy atom. The molecule has 0 saturated heterocycles. The van der Waals surface area contributed by atoms with Gasteiger partial charge in [-0.25, -0.2) is 9.67 Å². The number of aryl methyl sites for hydroxylation is 1. The Labute approximate surface area is 188 Å². The minimum Gasteiger partial charge on any atom is -0.493 e. The molecular formula is C21H24F3N7O2. The van der Waals surface area contributed by atoms with E-state index in [-0.39, 0.29) is 34.8 Å². The van der Waals surface area contributed by atoms with Crippen molar-refractivity contribution >= 4 is 11.0 Å². The summed E-state index contributed by atoms with van der Waals surface area (Å²) < 4.78 is 48.0. The van der Waals surface area contributed by atoms with Gasteiger partial charge in [0.1, 0.15) is 23.6 Å². The fourth-order valence-electron chi connectivity index (χ4n) is 3.09. The van der Waals surface area contributed by atoms with Gasteiger partial charge >= 0.3 is 6.18 Å². The highest BCUT2D eigenvalue weighted by Crippen LogP contribution is 2.39. The van der Waals surface area contributed by atoms with Crippen molar-refractivity contribution in [1.29, 1.82) is 5.26 Å². The summed E-state index contributed by atoms with van der Waals surface area (Å²) in [6.45, 7) is 0.880. The summed E-state index contributed by atoms with van der Waals surface area (Å²) in [5, 5.41) is 29.8. The van der Waals surface area contributed by atoms with Crippen molar-refractivity contribution in [2.45, 2.75) is 18.8 Å². The molecule has 176 valence electrons. The summed E-state index contributed by atoms with van der Waals surface area (Å²) in [6, 6.07) is 7.13. The third-order valence-corrected chi connectivity index (χ3v) is 4.97. The highest BCUT2D eigenvalue weighted by atomic mass is 19.4. The number of hydrogen-bond donors (Lipinski definition) is 2. The van der Waals surface area contributed by atoms with Gasteiger partial charge in [0.2, 0.25) is 0 Å². The highest BCUT2D eigenvalue weighted by Gasteiger charge is 2.35. The van der Waals surface area contributed by atoms with Gasteiger partial charge in [0.25, 0.3) is 0 Å². The van der Waals surface area contributed by atoms with Gasteiger partial charge in [-0.3, -0.25) is 4.90 Å². The van der Waals surface area contributed by atoms with Crippen molar-refractivity contribution in [3.05, 3.63) is 35.5 Å². The Hall–Kier alpha value is -3.27. The van der Waals surface area contributed by atoms with E-state index in [2.05, 4.69) is 20.6 Å². The van der Waals surface area contributed by atoms with Gasteiger partial charge in [0, 0.05) is 19.2 Å². The molecule has 0 amide bonds. The largest absolute Gasteiger partial charge is 0.493 e. The average Bonchev–Trinajstić information content (AvgIpc) is 3.15. The zero-order valence-electron chi connectivity index (χ0n) is 18.4. The number of fused-ring (bicyclic) bond motifs is 1. The number of pyridine rings is 1. The molecule has 33 heavy (non-hydrogen) atoms.